The van der Waals surface area contributed by atoms with E-state index in [-0.39, 0.29) is 5.82 Å². The largest absolute Gasteiger partial charge is 0.280 e. The van der Waals surface area contributed by atoms with Crippen molar-refractivity contribution in [3.05, 3.63) is 34.1 Å². The van der Waals surface area contributed by atoms with Gasteiger partial charge in [-0.2, -0.15) is 0 Å². The van der Waals surface area contributed by atoms with E-state index in [0.29, 0.717) is 22.9 Å². The Labute approximate surface area is 107 Å². The van der Waals surface area contributed by atoms with Gasteiger partial charge in [-0.1, -0.05) is 25.0 Å². The van der Waals surface area contributed by atoms with E-state index in [1.165, 1.54) is 0 Å². The molecule has 0 unspecified atom stereocenters. The summed E-state index contributed by atoms with van der Waals surface area (Å²) in [5.41, 5.74) is -0.380. The van der Waals surface area contributed by atoms with E-state index in [1.807, 2.05) is 0 Å². The predicted octanol–water partition coefficient (Wildman–Crippen LogP) is 4.17. The molecule has 1 aromatic carbocycles. The first-order valence-electron chi connectivity index (χ1n) is 5.22. The van der Waals surface area contributed by atoms with Crippen LogP contribution in [0.3, 0.4) is 0 Å². The van der Waals surface area contributed by atoms with E-state index in [4.69, 9.17) is 11.6 Å². The highest BCUT2D eigenvalue weighted by molar-refractivity contribution is 9.10. The predicted molar refractivity (Wildman–Crippen MR) is 65.1 cm³/mol. The van der Waals surface area contributed by atoms with Gasteiger partial charge in [-0.25, -0.2) is 4.39 Å². The highest BCUT2D eigenvalue weighted by Crippen LogP contribution is 2.44. The molecule has 86 valence electrons. The second-order valence-electron chi connectivity index (χ2n) is 4.16. The van der Waals surface area contributed by atoms with Gasteiger partial charge in [0.25, 0.3) is 0 Å². The van der Waals surface area contributed by atoms with Crippen LogP contribution in [0.4, 0.5) is 4.39 Å². The van der Waals surface area contributed by atoms with Crippen molar-refractivity contribution < 1.29 is 9.18 Å². The number of hydrogen-bond donors (Lipinski definition) is 0. The Morgan fingerprint density at radius 1 is 1.38 bits per heavy atom. The number of hydrogen-bond acceptors (Lipinski definition) is 1. The van der Waals surface area contributed by atoms with Crippen LogP contribution in [0.1, 0.15) is 31.2 Å². The van der Waals surface area contributed by atoms with Crippen LogP contribution in [0.25, 0.3) is 0 Å². The zero-order valence-electron chi connectivity index (χ0n) is 8.60. The number of carbonyl (C=O) groups is 1. The number of rotatable bonds is 2. The van der Waals surface area contributed by atoms with Gasteiger partial charge >= 0.3 is 0 Å². The molecule has 0 spiro atoms. The first-order chi connectivity index (χ1) is 7.58. The Bertz CT molecular complexity index is 427. The summed E-state index contributed by atoms with van der Waals surface area (Å²) in [6, 6.07) is 5.02. The van der Waals surface area contributed by atoms with Gasteiger partial charge in [-0.05, 0) is 46.4 Å². The summed E-state index contributed by atoms with van der Waals surface area (Å²) in [4.78, 5) is 11.6. The third kappa shape index (κ3) is 1.80. The highest BCUT2D eigenvalue weighted by atomic mass is 79.9. The van der Waals surface area contributed by atoms with Crippen molar-refractivity contribution in [2.45, 2.75) is 31.1 Å². The fourth-order valence-electron chi connectivity index (χ4n) is 2.42. The third-order valence-corrected chi connectivity index (χ3v) is 4.27. The van der Waals surface area contributed by atoms with E-state index >= 15 is 0 Å². The lowest BCUT2D eigenvalue weighted by Crippen LogP contribution is -2.30. The first kappa shape index (κ1) is 12.1. The van der Waals surface area contributed by atoms with Crippen LogP contribution < -0.4 is 0 Å². The Hall–Kier alpha value is -0.410. The summed E-state index contributed by atoms with van der Waals surface area (Å²) in [5, 5.41) is -0.443. The van der Waals surface area contributed by atoms with Gasteiger partial charge in [0, 0.05) is 5.56 Å². The molecular formula is C12H11BrClFO. The van der Waals surface area contributed by atoms with Crippen molar-refractivity contribution in [2.75, 3.05) is 0 Å². The van der Waals surface area contributed by atoms with E-state index < -0.39 is 10.7 Å². The van der Waals surface area contributed by atoms with Gasteiger partial charge in [0.05, 0.1) is 9.89 Å². The molecule has 0 N–H and O–H groups in total. The molecule has 1 aliphatic carbocycles. The van der Waals surface area contributed by atoms with Crippen LogP contribution in [0.2, 0.25) is 0 Å². The van der Waals surface area contributed by atoms with Crippen LogP contribution in [0, 0.1) is 5.82 Å². The monoisotopic (exact) mass is 304 g/mol. The maximum atomic E-state index is 14.0. The maximum Gasteiger partial charge on any atom is 0.232 e. The first-order valence-corrected chi connectivity index (χ1v) is 6.39. The van der Waals surface area contributed by atoms with E-state index in [1.54, 1.807) is 18.2 Å². The highest BCUT2D eigenvalue weighted by Gasteiger charge is 2.43. The zero-order valence-corrected chi connectivity index (χ0v) is 10.9. The van der Waals surface area contributed by atoms with Crippen molar-refractivity contribution in [1.29, 1.82) is 0 Å². The van der Waals surface area contributed by atoms with Crippen LogP contribution in [-0.4, -0.2) is 5.24 Å². The van der Waals surface area contributed by atoms with Crippen LogP contribution in [-0.2, 0) is 10.2 Å². The molecule has 0 saturated heterocycles. The molecule has 0 aliphatic heterocycles. The number of benzene rings is 1. The molecule has 1 aliphatic rings. The van der Waals surface area contributed by atoms with Gasteiger partial charge < -0.3 is 0 Å². The molecule has 0 atom stereocenters. The fraction of sp³-hybridized carbons (Fsp3) is 0.417. The molecule has 0 bridgehead atoms. The summed E-state index contributed by atoms with van der Waals surface area (Å²) in [7, 11) is 0. The SMILES string of the molecule is O=C(Cl)C1(c2cccc(Br)c2F)CCCC1. The average Bonchev–Trinajstić information content (AvgIpc) is 2.72. The van der Waals surface area contributed by atoms with Gasteiger partial charge in [0.2, 0.25) is 5.24 Å². The minimum Gasteiger partial charge on any atom is -0.280 e. The number of halogens is 3. The second kappa shape index (κ2) is 4.46. The lowest BCUT2D eigenvalue weighted by atomic mass is 9.80. The van der Waals surface area contributed by atoms with E-state index in [2.05, 4.69) is 15.9 Å². The maximum absolute atomic E-state index is 14.0. The Kier molecular flexibility index (Phi) is 3.36. The Morgan fingerprint density at radius 3 is 2.56 bits per heavy atom. The van der Waals surface area contributed by atoms with Crippen molar-refractivity contribution in [3.63, 3.8) is 0 Å². The van der Waals surface area contributed by atoms with Crippen molar-refractivity contribution in [2.24, 2.45) is 0 Å². The topological polar surface area (TPSA) is 17.1 Å². The van der Waals surface area contributed by atoms with Gasteiger partial charge in [0.1, 0.15) is 5.82 Å². The van der Waals surface area contributed by atoms with Crippen molar-refractivity contribution in [1.82, 2.24) is 0 Å². The quantitative estimate of drug-likeness (QED) is 0.750. The molecule has 4 heteroatoms. The van der Waals surface area contributed by atoms with Crippen molar-refractivity contribution in [3.8, 4) is 0 Å². The number of carbonyl (C=O) groups excluding carboxylic acids is 1. The molecule has 0 amide bonds. The van der Waals surface area contributed by atoms with Gasteiger partial charge in [-0.15, -0.1) is 0 Å². The molecule has 0 radical (unpaired) electrons. The van der Waals surface area contributed by atoms with E-state index in [9.17, 15) is 9.18 Å². The minimum absolute atomic E-state index is 0.363. The minimum atomic E-state index is -0.810. The van der Waals surface area contributed by atoms with Gasteiger partial charge in [0.15, 0.2) is 0 Å². The average molecular weight is 306 g/mol. The molecular weight excluding hydrogens is 294 g/mol. The van der Waals surface area contributed by atoms with Crippen LogP contribution >= 0.6 is 27.5 Å². The molecule has 1 fully saturated rings. The van der Waals surface area contributed by atoms with Crippen LogP contribution in [0.5, 0.6) is 0 Å². The lowest BCUT2D eigenvalue weighted by Gasteiger charge is -2.25. The standard InChI is InChI=1S/C12H11BrClFO/c13-9-5-3-4-8(10(9)15)12(11(14)16)6-1-2-7-12/h3-5H,1-2,6-7H2. The Balaban J connectivity index is 2.56. The summed E-state index contributed by atoms with van der Waals surface area (Å²) in [6.45, 7) is 0. The fourth-order valence-corrected chi connectivity index (χ4v) is 3.08. The summed E-state index contributed by atoms with van der Waals surface area (Å²) >= 11 is 8.82. The molecule has 2 rings (SSSR count). The summed E-state index contributed by atoms with van der Waals surface area (Å²) in [6.07, 6.45) is 3.13. The molecule has 0 aromatic heterocycles. The molecule has 1 saturated carbocycles. The summed E-state index contributed by atoms with van der Waals surface area (Å²) < 4.78 is 14.4. The van der Waals surface area contributed by atoms with Crippen molar-refractivity contribution >= 4 is 32.8 Å². The smallest absolute Gasteiger partial charge is 0.232 e. The molecule has 16 heavy (non-hydrogen) atoms. The Morgan fingerprint density at radius 2 is 2.00 bits per heavy atom. The zero-order chi connectivity index (χ0) is 11.8. The van der Waals surface area contributed by atoms with E-state index in [0.717, 1.165) is 12.8 Å². The molecule has 1 nitrogen and oxygen atoms in total. The second-order valence-corrected chi connectivity index (χ2v) is 5.36. The molecule has 1 aromatic rings. The van der Waals surface area contributed by atoms with Crippen LogP contribution in [0.15, 0.2) is 22.7 Å². The normalized spacial score (nSPS) is 18.7. The summed E-state index contributed by atoms with van der Waals surface area (Å²) in [5.74, 6) is -0.363. The third-order valence-electron chi connectivity index (χ3n) is 3.30. The lowest BCUT2D eigenvalue weighted by molar-refractivity contribution is -0.116. The molecule has 0 heterocycles. The van der Waals surface area contributed by atoms with Gasteiger partial charge in [-0.3, -0.25) is 4.79 Å².